The molecule has 2 N–H and O–H groups in total. The summed E-state index contributed by atoms with van der Waals surface area (Å²) in [4.78, 5) is 35.6. The summed E-state index contributed by atoms with van der Waals surface area (Å²) < 4.78 is 11.2. The van der Waals surface area contributed by atoms with Crippen molar-refractivity contribution >= 4 is 5.97 Å². The van der Waals surface area contributed by atoms with Gasteiger partial charge in [0.05, 0.1) is 0 Å². The van der Waals surface area contributed by atoms with E-state index in [0.717, 1.165) is 17.6 Å². The van der Waals surface area contributed by atoms with Gasteiger partial charge in [0.2, 0.25) is 5.60 Å². The molecule has 0 radical (unpaired) electrons. The molecule has 9 heteroatoms. The first-order valence-corrected chi connectivity index (χ1v) is 6.10. The van der Waals surface area contributed by atoms with Crippen LogP contribution in [0.3, 0.4) is 0 Å². The number of aliphatic hydroxyl groups is 1. The summed E-state index contributed by atoms with van der Waals surface area (Å²) in [5.74, 6) is -0.620. The number of aliphatic hydroxyl groups excluding tert-OH is 1. The second-order valence-electron chi connectivity index (χ2n) is 4.62. The van der Waals surface area contributed by atoms with Crippen molar-refractivity contribution < 1.29 is 19.4 Å². The Morgan fingerprint density at radius 1 is 1.71 bits per heavy atom. The van der Waals surface area contributed by atoms with Crippen molar-refractivity contribution in [3.05, 3.63) is 33.1 Å². The zero-order chi connectivity index (χ0) is 15.6. The van der Waals surface area contributed by atoms with Crippen molar-refractivity contribution in [2.45, 2.75) is 31.3 Å². The first kappa shape index (κ1) is 15.0. The third-order valence-electron chi connectivity index (χ3n) is 3.15. The first-order chi connectivity index (χ1) is 9.88. The molecule has 3 unspecified atom stereocenters. The van der Waals surface area contributed by atoms with E-state index >= 15 is 0 Å². The van der Waals surface area contributed by atoms with Crippen LogP contribution in [0.5, 0.6) is 0 Å². The maximum absolute atomic E-state index is 11.7. The molecule has 1 aromatic rings. The highest BCUT2D eigenvalue weighted by Crippen LogP contribution is 2.36. The summed E-state index contributed by atoms with van der Waals surface area (Å²) in [5.41, 5.74) is -3.03. The van der Waals surface area contributed by atoms with Gasteiger partial charge in [-0.2, -0.15) is 5.26 Å². The number of nitriles is 1. The molecular formula is C12H13N3O6. The molecule has 1 fully saturated rings. The van der Waals surface area contributed by atoms with Gasteiger partial charge in [0.1, 0.15) is 25.0 Å². The molecule has 0 bridgehead atoms. The maximum atomic E-state index is 11.7. The van der Waals surface area contributed by atoms with Crippen LogP contribution in [0.4, 0.5) is 0 Å². The number of nitrogens with one attached hydrogen (secondary N) is 1. The normalized spacial score (nSPS) is 28.0. The average Bonchev–Trinajstić information content (AvgIpc) is 2.74. The lowest BCUT2D eigenvalue weighted by Crippen LogP contribution is -2.43. The third-order valence-corrected chi connectivity index (χ3v) is 3.15. The van der Waals surface area contributed by atoms with Gasteiger partial charge in [0.15, 0.2) is 0 Å². The number of ether oxygens (including phenoxy) is 2. The van der Waals surface area contributed by atoms with Crippen LogP contribution in [0.25, 0.3) is 0 Å². The fourth-order valence-corrected chi connectivity index (χ4v) is 2.05. The molecule has 2 heterocycles. The monoisotopic (exact) mass is 295 g/mol. The van der Waals surface area contributed by atoms with E-state index in [1.165, 1.54) is 6.20 Å². The fraction of sp³-hybridized carbons (Fsp3) is 0.500. The number of carbonyl (C=O) groups excluding carboxylic acids is 1. The smallest absolute Gasteiger partial charge is 0.330 e. The Morgan fingerprint density at radius 3 is 3.00 bits per heavy atom. The van der Waals surface area contributed by atoms with Crippen molar-refractivity contribution in [3.63, 3.8) is 0 Å². The lowest BCUT2D eigenvalue weighted by atomic mass is 10.00. The number of hydrogen-bond donors (Lipinski definition) is 2. The van der Waals surface area contributed by atoms with Crippen LogP contribution in [-0.2, 0) is 14.3 Å². The number of esters is 1. The molecule has 1 aromatic heterocycles. The van der Waals surface area contributed by atoms with E-state index in [1.807, 2.05) is 4.98 Å². The number of aromatic nitrogens is 2. The fourth-order valence-electron chi connectivity index (χ4n) is 2.05. The van der Waals surface area contributed by atoms with E-state index in [0.29, 0.717) is 0 Å². The van der Waals surface area contributed by atoms with Crippen molar-refractivity contribution in [1.82, 2.24) is 9.55 Å². The molecule has 0 aromatic carbocycles. The first-order valence-electron chi connectivity index (χ1n) is 6.10. The van der Waals surface area contributed by atoms with E-state index in [-0.39, 0.29) is 6.42 Å². The van der Waals surface area contributed by atoms with Gasteiger partial charge in [-0.1, -0.05) is 0 Å². The molecule has 9 nitrogen and oxygen atoms in total. The molecule has 2 rings (SSSR count). The van der Waals surface area contributed by atoms with Crippen LogP contribution >= 0.6 is 0 Å². The number of nitrogens with zero attached hydrogens (tertiary/aromatic N) is 2. The highest BCUT2D eigenvalue weighted by atomic mass is 16.6. The molecule has 0 saturated carbocycles. The van der Waals surface area contributed by atoms with E-state index in [4.69, 9.17) is 9.47 Å². The highest BCUT2D eigenvalue weighted by Gasteiger charge is 2.50. The molecule has 3 atom stereocenters. The molecule has 1 aliphatic rings. The summed E-state index contributed by atoms with van der Waals surface area (Å²) in [6.07, 6.45) is -1.04. The van der Waals surface area contributed by atoms with Crippen molar-refractivity contribution in [1.29, 1.82) is 5.26 Å². The second kappa shape index (κ2) is 5.51. The van der Waals surface area contributed by atoms with Gasteiger partial charge in [-0.15, -0.1) is 0 Å². The van der Waals surface area contributed by atoms with Gasteiger partial charge in [0, 0.05) is 25.6 Å². The third kappa shape index (κ3) is 2.86. The summed E-state index contributed by atoms with van der Waals surface area (Å²) in [6, 6.07) is 2.90. The summed E-state index contributed by atoms with van der Waals surface area (Å²) in [5, 5.41) is 19.2. The van der Waals surface area contributed by atoms with Crippen molar-refractivity contribution in [2.75, 3.05) is 6.61 Å². The van der Waals surface area contributed by atoms with Gasteiger partial charge in [0.25, 0.3) is 5.56 Å². The molecule has 0 amide bonds. The summed E-state index contributed by atoms with van der Waals surface area (Å²) in [6.45, 7) is 0.713. The van der Waals surface area contributed by atoms with Gasteiger partial charge in [-0.25, -0.2) is 4.79 Å². The molecule has 112 valence electrons. The predicted octanol–water partition coefficient (Wildman–Crippen LogP) is -1.36. The Bertz CT molecular complexity index is 702. The molecule has 21 heavy (non-hydrogen) atoms. The van der Waals surface area contributed by atoms with Gasteiger partial charge in [-0.3, -0.25) is 19.1 Å². The summed E-state index contributed by atoms with van der Waals surface area (Å²) >= 11 is 0. The molecular weight excluding hydrogens is 282 g/mol. The lowest BCUT2D eigenvalue weighted by molar-refractivity contribution is -0.154. The minimum Gasteiger partial charge on any atom is -0.462 e. The molecule has 0 spiro atoms. The van der Waals surface area contributed by atoms with Gasteiger partial charge in [-0.05, 0) is 0 Å². The minimum absolute atomic E-state index is 0.0548. The van der Waals surface area contributed by atoms with Gasteiger partial charge >= 0.3 is 11.7 Å². The number of hydrogen-bond acceptors (Lipinski definition) is 7. The number of rotatable bonds is 3. The number of carbonyl (C=O) groups is 1. The molecule has 0 aliphatic carbocycles. The molecule has 1 aliphatic heterocycles. The van der Waals surface area contributed by atoms with Crippen LogP contribution in [0, 0.1) is 11.3 Å². The quantitative estimate of drug-likeness (QED) is 0.658. The molecule has 1 saturated heterocycles. The number of H-pyrrole nitrogens is 1. The maximum Gasteiger partial charge on any atom is 0.330 e. The van der Waals surface area contributed by atoms with Crippen LogP contribution < -0.4 is 11.2 Å². The minimum atomic E-state index is -1.74. The summed E-state index contributed by atoms with van der Waals surface area (Å²) in [7, 11) is 0. The topological polar surface area (TPSA) is 134 Å². The van der Waals surface area contributed by atoms with Crippen molar-refractivity contribution in [3.8, 4) is 6.07 Å². The Balaban J connectivity index is 2.27. The van der Waals surface area contributed by atoms with Crippen LogP contribution in [0.2, 0.25) is 0 Å². The van der Waals surface area contributed by atoms with E-state index in [2.05, 4.69) is 0 Å². The predicted molar refractivity (Wildman–Crippen MR) is 67.0 cm³/mol. The number of aromatic amines is 1. The Hall–Kier alpha value is -2.44. The zero-order valence-electron chi connectivity index (χ0n) is 11.1. The standard InChI is InChI=1S/C12H13N3O6/c1-7(16)20-6-12(5-13)8(17)4-10(21-12)15-3-2-9(18)14-11(15)19/h2-3,8,10,17H,4,6H2,1H3,(H,14,18,19). The lowest BCUT2D eigenvalue weighted by Gasteiger charge is -2.23. The van der Waals surface area contributed by atoms with E-state index < -0.39 is 41.8 Å². The SMILES string of the molecule is CC(=O)OCC1(C#N)OC(n2ccc(=O)[nH]c2=O)CC1O. The highest BCUT2D eigenvalue weighted by molar-refractivity contribution is 5.66. The van der Waals surface area contributed by atoms with Crippen LogP contribution in [0.15, 0.2) is 21.9 Å². The second-order valence-corrected chi connectivity index (χ2v) is 4.62. The largest absolute Gasteiger partial charge is 0.462 e. The van der Waals surface area contributed by atoms with E-state index in [1.54, 1.807) is 6.07 Å². The Kier molecular flexibility index (Phi) is 3.93. The van der Waals surface area contributed by atoms with Crippen molar-refractivity contribution in [2.24, 2.45) is 0 Å². The average molecular weight is 295 g/mol. The Labute approximate surface area is 118 Å². The van der Waals surface area contributed by atoms with E-state index in [9.17, 15) is 24.8 Å². The van der Waals surface area contributed by atoms with Crippen LogP contribution in [-0.4, -0.2) is 38.9 Å². The van der Waals surface area contributed by atoms with Crippen LogP contribution in [0.1, 0.15) is 19.6 Å². The Morgan fingerprint density at radius 2 is 2.43 bits per heavy atom. The van der Waals surface area contributed by atoms with Gasteiger partial charge < -0.3 is 14.6 Å². The zero-order valence-corrected chi connectivity index (χ0v) is 11.1.